The number of hydrogen-bond acceptors (Lipinski definition) is 2. The summed E-state index contributed by atoms with van der Waals surface area (Å²) in [5.41, 5.74) is 2.48. The summed E-state index contributed by atoms with van der Waals surface area (Å²) in [6.07, 6.45) is 1.74. The molecule has 0 aliphatic heterocycles. The molecular formula is C22H14OS. The second-order valence-corrected chi connectivity index (χ2v) is 6.74. The summed E-state index contributed by atoms with van der Waals surface area (Å²) in [6, 6.07) is 25.5. The average Bonchev–Trinajstić information content (AvgIpc) is 3.33. The first-order valence-corrected chi connectivity index (χ1v) is 8.82. The third-order valence-corrected chi connectivity index (χ3v) is 5.35. The summed E-state index contributed by atoms with van der Waals surface area (Å²) in [4.78, 5) is 1.30. The summed E-state index contributed by atoms with van der Waals surface area (Å²) in [5.74, 6) is 0.917. The van der Waals surface area contributed by atoms with Gasteiger partial charge in [0, 0.05) is 16.0 Å². The van der Waals surface area contributed by atoms with Crippen molar-refractivity contribution in [1.82, 2.24) is 0 Å². The average molecular weight is 326 g/mol. The van der Waals surface area contributed by atoms with Gasteiger partial charge < -0.3 is 4.42 Å². The van der Waals surface area contributed by atoms with Crippen LogP contribution in [0.2, 0.25) is 0 Å². The molecule has 2 heterocycles. The van der Waals surface area contributed by atoms with Crippen molar-refractivity contribution in [2.24, 2.45) is 0 Å². The molecule has 0 radical (unpaired) electrons. The summed E-state index contributed by atoms with van der Waals surface area (Å²) < 4.78 is 5.77. The highest BCUT2D eigenvalue weighted by molar-refractivity contribution is 7.13. The lowest BCUT2D eigenvalue weighted by Crippen LogP contribution is -1.88. The number of furan rings is 1. The Bertz CT molecular complexity index is 986. The fourth-order valence-corrected chi connectivity index (χ4v) is 4.30. The van der Waals surface area contributed by atoms with Gasteiger partial charge in [0.05, 0.1) is 6.26 Å². The van der Waals surface area contributed by atoms with Crippen molar-refractivity contribution in [2.45, 2.75) is 0 Å². The molecule has 24 heavy (non-hydrogen) atoms. The molecule has 0 unspecified atom stereocenters. The minimum atomic E-state index is 0.917. The lowest BCUT2D eigenvalue weighted by atomic mass is 9.90. The highest BCUT2D eigenvalue weighted by Gasteiger charge is 2.17. The van der Waals surface area contributed by atoms with E-state index in [1.807, 2.05) is 12.1 Å². The third-order valence-electron chi connectivity index (χ3n) is 4.47. The van der Waals surface area contributed by atoms with E-state index in [0.717, 1.165) is 5.76 Å². The summed E-state index contributed by atoms with van der Waals surface area (Å²) >= 11 is 1.79. The van der Waals surface area contributed by atoms with Crippen LogP contribution in [0.1, 0.15) is 0 Å². The Kier molecular flexibility index (Phi) is 3.03. The first kappa shape index (κ1) is 13.6. The smallest absolute Gasteiger partial charge is 0.135 e. The maximum atomic E-state index is 5.77. The predicted molar refractivity (Wildman–Crippen MR) is 102 cm³/mol. The van der Waals surface area contributed by atoms with Crippen molar-refractivity contribution < 1.29 is 4.42 Å². The zero-order chi connectivity index (χ0) is 15.9. The Morgan fingerprint density at radius 2 is 1.21 bits per heavy atom. The fourth-order valence-electron chi connectivity index (χ4n) is 3.50. The third kappa shape index (κ3) is 1.93. The van der Waals surface area contributed by atoms with E-state index in [1.165, 1.54) is 37.5 Å². The van der Waals surface area contributed by atoms with E-state index < -0.39 is 0 Å². The van der Waals surface area contributed by atoms with Crippen LogP contribution in [0.4, 0.5) is 0 Å². The van der Waals surface area contributed by atoms with Crippen molar-refractivity contribution in [3.05, 3.63) is 84.4 Å². The molecule has 1 nitrogen and oxygen atoms in total. The Morgan fingerprint density at radius 1 is 0.583 bits per heavy atom. The molecule has 0 amide bonds. The molecule has 2 aromatic heterocycles. The monoisotopic (exact) mass is 326 g/mol. The highest BCUT2D eigenvalue weighted by atomic mass is 32.1. The van der Waals surface area contributed by atoms with E-state index in [-0.39, 0.29) is 0 Å². The Labute approximate surface area is 143 Å². The van der Waals surface area contributed by atoms with Crippen molar-refractivity contribution in [1.29, 1.82) is 0 Å². The molecular weight excluding hydrogens is 312 g/mol. The Balaban J connectivity index is 2.06. The predicted octanol–water partition coefficient (Wildman–Crippen LogP) is 6.98. The molecule has 114 valence electrons. The first-order chi connectivity index (χ1) is 11.9. The number of rotatable bonds is 2. The van der Waals surface area contributed by atoms with Gasteiger partial charge in [-0.3, -0.25) is 0 Å². The van der Waals surface area contributed by atoms with E-state index in [4.69, 9.17) is 4.42 Å². The standard InChI is InChI=1S/C22H14OS/c1-3-9-17-15(7-1)21(19-11-5-13-23-19)16-8-2-4-10-18(16)22(17)20-12-6-14-24-20/h1-14H. The second-order valence-electron chi connectivity index (χ2n) is 5.80. The number of thiophene rings is 1. The largest absolute Gasteiger partial charge is 0.464 e. The van der Waals surface area contributed by atoms with Crippen molar-refractivity contribution in [3.63, 3.8) is 0 Å². The molecule has 0 aliphatic rings. The van der Waals surface area contributed by atoms with Crippen molar-refractivity contribution in [3.8, 4) is 21.8 Å². The lowest BCUT2D eigenvalue weighted by molar-refractivity contribution is 0.583. The highest BCUT2D eigenvalue weighted by Crippen LogP contribution is 2.44. The molecule has 2 heteroatoms. The van der Waals surface area contributed by atoms with Crippen LogP contribution in [0.3, 0.4) is 0 Å². The zero-order valence-electron chi connectivity index (χ0n) is 12.9. The van der Waals surface area contributed by atoms with Gasteiger partial charge in [-0.15, -0.1) is 11.3 Å². The topological polar surface area (TPSA) is 13.1 Å². The van der Waals surface area contributed by atoms with Crippen LogP contribution >= 0.6 is 11.3 Å². The lowest BCUT2D eigenvalue weighted by Gasteiger charge is -2.15. The van der Waals surface area contributed by atoms with E-state index in [9.17, 15) is 0 Å². The SMILES string of the molecule is c1coc(-c2c3ccccc3c(-c3cccs3)c3ccccc23)c1. The van der Waals surface area contributed by atoms with Crippen LogP contribution in [0.25, 0.3) is 43.3 Å². The molecule has 5 rings (SSSR count). The molecule has 0 N–H and O–H groups in total. The summed E-state index contributed by atoms with van der Waals surface area (Å²) in [5, 5.41) is 7.14. The van der Waals surface area contributed by atoms with Gasteiger partial charge in [-0.05, 0) is 45.1 Å². The molecule has 3 aromatic carbocycles. The van der Waals surface area contributed by atoms with E-state index >= 15 is 0 Å². The zero-order valence-corrected chi connectivity index (χ0v) is 13.7. The van der Waals surface area contributed by atoms with Crippen molar-refractivity contribution in [2.75, 3.05) is 0 Å². The van der Waals surface area contributed by atoms with Gasteiger partial charge in [0.2, 0.25) is 0 Å². The van der Waals surface area contributed by atoms with Crippen LogP contribution in [0.15, 0.2) is 88.9 Å². The second kappa shape index (κ2) is 5.36. The number of fused-ring (bicyclic) bond motifs is 2. The van der Waals surface area contributed by atoms with Crippen LogP contribution in [0.5, 0.6) is 0 Å². The molecule has 0 atom stereocenters. The first-order valence-electron chi connectivity index (χ1n) is 7.95. The molecule has 0 saturated heterocycles. The minimum Gasteiger partial charge on any atom is -0.464 e. The number of hydrogen-bond donors (Lipinski definition) is 0. The molecule has 5 aromatic rings. The maximum Gasteiger partial charge on any atom is 0.135 e. The van der Waals surface area contributed by atoms with Crippen LogP contribution < -0.4 is 0 Å². The van der Waals surface area contributed by atoms with Crippen LogP contribution in [0, 0.1) is 0 Å². The summed E-state index contributed by atoms with van der Waals surface area (Å²) in [7, 11) is 0. The van der Waals surface area contributed by atoms with E-state index in [1.54, 1.807) is 17.6 Å². The summed E-state index contributed by atoms with van der Waals surface area (Å²) in [6.45, 7) is 0. The quantitative estimate of drug-likeness (QED) is 0.319. The Hall–Kier alpha value is -2.84. The van der Waals surface area contributed by atoms with Crippen molar-refractivity contribution >= 4 is 32.9 Å². The van der Waals surface area contributed by atoms with Gasteiger partial charge in [-0.2, -0.15) is 0 Å². The van der Waals surface area contributed by atoms with Gasteiger partial charge in [-0.25, -0.2) is 0 Å². The van der Waals surface area contributed by atoms with E-state index in [0.29, 0.717) is 0 Å². The molecule has 0 spiro atoms. The number of benzene rings is 3. The van der Waals surface area contributed by atoms with Crippen LogP contribution in [-0.2, 0) is 0 Å². The van der Waals surface area contributed by atoms with Gasteiger partial charge in [-0.1, -0.05) is 54.6 Å². The minimum absolute atomic E-state index is 0.917. The normalized spacial score (nSPS) is 11.3. The molecule has 0 saturated carbocycles. The van der Waals surface area contributed by atoms with Gasteiger partial charge >= 0.3 is 0 Å². The van der Waals surface area contributed by atoms with Gasteiger partial charge in [0.15, 0.2) is 0 Å². The van der Waals surface area contributed by atoms with Gasteiger partial charge in [0.1, 0.15) is 5.76 Å². The molecule has 0 aliphatic carbocycles. The Morgan fingerprint density at radius 3 is 1.71 bits per heavy atom. The maximum absolute atomic E-state index is 5.77. The van der Waals surface area contributed by atoms with E-state index in [2.05, 4.69) is 66.0 Å². The molecule has 0 fully saturated rings. The fraction of sp³-hybridized carbons (Fsp3) is 0. The van der Waals surface area contributed by atoms with Gasteiger partial charge in [0.25, 0.3) is 0 Å². The molecule has 0 bridgehead atoms. The van der Waals surface area contributed by atoms with Crippen LogP contribution in [-0.4, -0.2) is 0 Å².